The highest BCUT2D eigenvalue weighted by Gasteiger charge is 2.31. The Balaban J connectivity index is 0.00000364. The quantitative estimate of drug-likeness (QED) is 0.256. The van der Waals surface area contributed by atoms with Gasteiger partial charge in [0.15, 0.2) is 5.96 Å². The number of guanidine groups is 1. The van der Waals surface area contributed by atoms with Gasteiger partial charge in [-0.05, 0) is 19.3 Å². The molecule has 2 rings (SSSR count). The molecule has 0 aromatic carbocycles. The van der Waals surface area contributed by atoms with Crippen molar-refractivity contribution in [3.8, 4) is 0 Å². The second-order valence-corrected chi connectivity index (χ2v) is 7.37. The Morgan fingerprint density at radius 1 is 1.22 bits per heavy atom. The lowest BCUT2D eigenvalue weighted by Crippen LogP contribution is -2.46. The first-order valence-corrected chi connectivity index (χ1v) is 9.66. The number of aliphatic imine (C=N–C) groups is 1. The topological polar surface area (TPSA) is 77.0 Å². The molecule has 2 N–H and O–H groups in total. The summed E-state index contributed by atoms with van der Waals surface area (Å²) in [7, 11) is 3.43. The van der Waals surface area contributed by atoms with Gasteiger partial charge in [0.25, 0.3) is 0 Å². The monoisotopic (exact) mass is 491 g/mol. The van der Waals surface area contributed by atoms with Gasteiger partial charge in [0.2, 0.25) is 11.8 Å². The van der Waals surface area contributed by atoms with Crippen molar-refractivity contribution in [1.82, 2.24) is 20.4 Å². The molecule has 7 nitrogen and oxygen atoms in total. The number of likely N-dealkylation sites (tertiary alicyclic amines) is 1. The fourth-order valence-corrected chi connectivity index (χ4v) is 3.49. The largest absolute Gasteiger partial charge is 0.353 e. The van der Waals surface area contributed by atoms with Gasteiger partial charge in [0.1, 0.15) is 6.54 Å². The number of halogens is 1. The summed E-state index contributed by atoms with van der Waals surface area (Å²) in [5.74, 6) is 1.07. The van der Waals surface area contributed by atoms with Gasteiger partial charge >= 0.3 is 0 Å². The molecule has 1 aliphatic heterocycles. The average molecular weight is 491 g/mol. The molecule has 0 bridgehead atoms. The smallest absolute Gasteiger partial charge is 0.243 e. The van der Waals surface area contributed by atoms with Crippen molar-refractivity contribution in [3.05, 3.63) is 12.7 Å². The number of hydrogen-bond donors (Lipinski definition) is 2. The third kappa shape index (κ3) is 7.67. The minimum Gasteiger partial charge on any atom is -0.353 e. The second-order valence-electron chi connectivity index (χ2n) is 7.37. The number of nitrogens with zero attached hydrogens (tertiary/aromatic N) is 3. The summed E-state index contributed by atoms with van der Waals surface area (Å²) in [6.07, 6.45) is 8.32. The summed E-state index contributed by atoms with van der Waals surface area (Å²) in [6, 6.07) is 0.160. The van der Waals surface area contributed by atoms with Crippen molar-refractivity contribution >= 4 is 41.8 Å². The van der Waals surface area contributed by atoms with Gasteiger partial charge in [-0.3, -0.25) is 9.59 Å². The van der Waals surface area contributed by atoms with E-state index in [1.165, 1.54) is 24.2 Å². The first-order valence-electron chi connectivity index (χ1n) is 9.66. The van der Waals surface area contributed by atoms with Crippen LogP contribution >= 0.6 is 24.0 Å². The van der Waals surface area contributed by atoms with Crippen molar-refractivity contribution < 1.29 is 9.59 Å². The predicted molar refractivity (Wildman–Crippen MR) is 119 cm³/mol. The van der Waals surface area contributed by atoms with Crippen LogP contribution in [0.15, 0.2) is 17.6 Å². The molecule has 1 aliphatic carbocycles. The van der Waals surface area contributed by atoms with Crippen molar-refractivity contribution in [2.75, 3.05) is 40.3 Å². The molecule has 1 heterocycles. The van der Waals surface area contributed by atoms with Gasteiger partial charge in [-0.15, -0.1) is 30.6 Å². The molecule has 2 amide bonds. The minimum atomic E-state index is -0.0507. The molecule has 2 fully saturated rings. The number of rotatable bonds is 6. The zero-order chi connectivity index (χ0) is 18.9. The van der Waals surface area contributed by atoms with Crippen LogP contribution in [0.4, 0.5) is 0 Å². The number of hydrogen-bond acceptors (Lipinski definition) is 3. The average Bonchev–Trinajstić information content (AvgIpc) is 3.12. The fourth-order valence-electron chi connectivity index (χ4n) is 3.49. The highest BCUT2D eigenvalue weighted by molar-refractivity contribution is 14.0. The summed E-state index contributed by atoms with van der Waals surface area (Å²) in [6.45, 7) is 5.85. The molecule has 8 heteroatoms. The number of carbonyl (C=O) groups excluding carboxylic acids is 2. The normalized spacial score (nSPS) is 20.6. The van der Waals surface area contributed by atoms with Gasteiger partial charge in [-0.1, -0.05) is 25.3 Å². The van der Waals surface area contributed by atoms with E-state index in [1.54, 1.807) is 20.2 Å². The van der Waals surface area contributed by atoms with Crippen LogP contribution in [0.3, 0.4) is 0 Å². The predicted octanol–water partition coefficient (Wildman–Crippen LogP) is 1.59. The van der Waals surface area contributed by atoms with E-state index >= 15 is 0 Å². The van der Waals surface area contributed by atoms with Crippen LogP contribution in [-0.4, -0.2) is 73.9 Å². The maximum absolute atomic E-state index is 12.7. The van der Waals surface area contributed by atoms with Gasteiger partial charge in [-0.2, -0.15) is 0 Å². The van der Waals surface area contributed by atoms with Crippen LogP contribution in [0.1, 0.15) is 38.5 Å². The number of amides is 2. The molecule has 0 radical (unpaired) electrons. The molecule has 0 aromatic heterocycles. The van der Waals surface area contributed by atoms with Crippen molar-refractivity contribution in [2.45, 2.75) is 44.6 Å². The highest BCUT2D eigenvalue weighted by atomic mass is 127. The Labute approximate surface area is 180 Å². The van der Waals surface area contributed by atoms with E-state index in [9.17, 15) is 9.59 Å². The van der Waals surface area contributed by atoms with E-state index in [4.69, 9.17) is 0 Å². The van der Waals surface area contributed by atoms with Crippen LogP contribution in [0.5, 0.6) is 0 Å². The zero-order valence-corrected chi connectivity index (χ0v) is 18.9. The lowest BCUT2D eigenvalue weighted by molar-refractivity contribution is -0.135. The molecule has 27 heavy (non-hydrogen) atoms. The lowest BCUT2D eigenvalue weighted by Gasteiger charge is -2.26. The Hall–Kier alpha value is -1.32. The van der Waals surface area contributed by atoms with Crippen molar-refractivity contribution in [2.24, 2.45) is 10.9 Å². The number of likely N-dealkylation sites (N-methyl/N-ethyl adjacent to an activating group) is 1. The van der Waals surface area contributed by atoms with Gasteiger partial charge in [-0.25, -0.2) is 4.99 Å². The Kier molecular flexibility index (Phi) is 10.7. The molecule has 0 aromatic rings. The summed E-state index contributed by atoms with van der Waals surface area (Å²) in [5.41, 5.74) is 0. The summed E-state index contributed by atoms with van der Waals surface area (Å²) in [5, 5.41) is 6.50. The Morgan fingerprint density at radius 3 is 2.56 bits per heavy atom. The molecule has 1 saturated carbocycles. The van der Waals surface area contributed by atoms with Crippen molar-refractivity contribution in [3.63, 3.8) is 0 Å². The van der Waals surface area contributed by atoms with Gasteiger partial charge < -0.3 is 20.4 Å². The Bertz CT molecular complexity index is 532. The number of nitrogens with one attached hydrogen (secondary N) is 2. The van der Waals surface area contributed by atoms with Crippen LogP contribution < -0.4 is 10.6 Å². The summed E-state index contributed by atoms with van der Waals surface area (Å²) < 4.78 is 0. The van der Waals surface area contributed by atoms with E-state index in [0.717, 1.165) is 25.8 Å². The molecule has 2 aliphatic rings. The Morgan fingerprint density at radius 2 is 1.93 bits per heavy atom. The SMILES string of the molecule is C=CCNC(=NCC(=O)N(C)C)NC1CCN(C(=O)C2CCCCC2)C1.I. The molecular formula is C19H34IN5O2. The first-order chi connectivity index (χ1) is 12.5. The fraction of sp³-hybridized carbons (Fsp3) is 0.737. The highest BCUT2D eigenvalue weighted by Crippen LogP contribution is 2.26. The third-order valence-corrected chi connectivity index (χ3v) is 5.08. The lowest BCUT2D eigenvalue weighted by atomic mass is 9.88. The zero-order valence-electron chi connectivity index (χ0n) is 16.6. The number of carbonyl (C=O) groups is 2. The van der Waals surface area contributed by atoms with E-state index in [0.29, 0.717) is 25.0 Å². The van der Waals surface area contributed by atoms with Crippen LogP contribution in [0.2, 0.25) is 0 Å². The van der Waals surface area contributed by atoms with Crippen LogP contribution in [0, 0.1) is 5.92 Å². The maximum Gasteiger partial charge on any atom is 0.243 e. The molecule has 1 unspecified atom stereocenters. The molecule has 0 spiro atoms. The van der Waals surface area contributed by atoms with Crippen molar-refractivity contribution in [1.29, 1.82) is 0 Å². The van der Waals surface area contributed by atoms with E-state index in [1.807, 2.05) is 4.90 Å². The third-order valence-electron chi connectivity index (χ3n) is 5.08. The first kappa shape index (κ1) is 23.7. The summed E-state index contributed by atoms with van der Waals surface area (Å²) in [4.78, 5) is 32.3. The standard InChI is InChI=1S/C19H33N5O2.HI/c1-4-11-20-19(21-13-17(25)23(2)3)22-16-10-12-24(14-16)18(26)15-8-6-5-7-9-15;/h4,15-16H,1,5-14H2,2-3H3,(H2,20,21,22);1H. The molecular weight excluding hydrogens is 457 g/mol. The summed E-state index contributed by atoms with van der Waals surface area (Å²) >= 11 is 0. The molecule has 1 atom stereocenters. The molecule has 1 saturated heterocycles. The van der Waals surface area contributed by atoms with Gasteiger partial charge in [0.05, 0.1) is 0 Å². The van der Waals surface area contributed by atoms with E-state index in [2.05, 4.69) is 22.2 Å². The molecule has 154 valence electrons. The van der Waals surface area contributed by atoms with Crippen LogP contribution in [0.25, 0.3) is 0 Å². The minimum absolute atomic E-state index is 0. The van der Waals surface area contributed by atoms with Gasteiger partial charge in [0, 0.05) is 45.7 Å². The maximum atomic E-state index is 12.7. The van der Waals surface area contributed by atoms with Crippen LogP contribution in [-0.2, 0) is 9.59 Å². The van der Waals surface area contributed by atoms with E-state index in [-0.39, 0.29) is 48.4 Å². The second kappa shape index (κ2) is 12.2. The van der Waals surface area contributed by atoms with E-state index < -0.39 is 0 Å².